The Bertz CT molecular complexity index is 315. The van der Waals surface area contributed by atoms with Gasteiger partial charge in [-0.15, -0.1) is 0 Å². The van der Waals surface area contributed by atoms with Crippen LogP contribution in [0.4, 0.5) is 0 Å². The molecule has 0 bridgehead atoms. The van der Waals surface area contributed by atoms with Crippen LogP contribution in [0, 0.1) is 0 Å². The zero-order valence-electron chi connectivity index (χ0n) is 8.09. The number of aromatic nitrogens is 1. The third-order valence-corrected chi connectivity index (χ3v) is 2.20. The Hall–Kier alpha value is -0.900. The largest absolute Gasteiger partial charge is 0.356 e. The Morgan fingerprint density at radius 3 is 3.00 bits per heavy atom. The second-order valence-corrected chi connectivity index (χ2v) is 3.85. The Labute approximate surface area is 92.1 Å². The van der Waals surface area contributed by atoms with E-state index in [0.717, 1.165) is 23.1 Å². The zero-order valence-corrected chi connectivity index (χ0v) is 9.67. The first-order valence-electron chi connectivity index (χ1n) is 4.54. The number of nitrogens with one attached hydrogen (secondary N) is 1. The molecule has 1 amide bonds. The van der Waals surface area contributed by atoms with E-state index in [1.54, 1.807) is 0 Å². The smallest absolute Gasteiger partial charge is 0.216 e. The summed E-state index contributed by atoms with van der Waals surface area (Å²) in [6.07, 6.45) is 1.81. The summed E-state index contributed by atoms with van der Waals surface area (Å²) in [6, 6.07) is 5.85. The number of hydrogen-bond acceptors (Lipinski definition) is 2. The van der Waals surface area contributed by atoms with E-state index >= 15 is 0 Å². The molecule has 0 unspecified atom stereocenters. The van der Waals surface area contributed by atoms with Crippen LogP contribution in [0.25, 0.3) is 0 Å². The van der Waals surface area contributed by atoms with Crippen LogP contribution in [-0.2, 0) is 11.2 Å². The van der Waals surface area contributed by atoms with E-state index in [9.17, 15) is 4.79 Å². The molecular formula is C10H13BrN2O. The lowest BCUT2D eigenvalue weighted by Crippen LogP contribution is -2.21. The van der Waals surface area contributed by atoms with Crippen LogP contribution in [0.15, 0.2) is 22.8 Å². The molecule has 0 radical (unpaired) electrons. The number of carbonyl (C=O) groups is 1. The average molecular weight is 257 g/mol. The van der Waals surface area contributed by atoms with Gasteiger partial charge in [0.25, 0.3) is 0 Å². The Balaban J connectivity index is 2.28. The van der Waals surface area contributed by atoms with Crippen LogP contribution < -0.4 is 5.32 Å². The summed E-state index contributed by atoms with van der Waals surface area (Å²) >= 11 is 3.31. The van der Waals surface area contributed by atoms with Crippen LogP contribution in [0.1, 0.15) is 19.0 Å². The van der Waals surface area contributed by atoms with Gasteiger partial charge in [-0.3, -0.25) is 4.79 Å². The maximum atomic E-state index is 10.6. The van der Waals surface area contributed by atoms with Gasteiger partial charge >= 0.3 is 0 Å². The highest BCUT2D eigenvalue weighted by Gasteiger charge is 1.96. The number of rotatable bonds is 4. The van der Waals surface area contributed by atoms with E-state index in [1.807, 2.05) is 18.2 Å². The standard InChI is InChI=1S/C10H13BrN2O/c1-8(14)12-7-3-5-9-4-2-6-10(11)13-9/h2,4,6H,3,5,7H2,1H3,(H,12,14). The summed E-state index contributed by atoms with van der Waals surface area (Å²) in [4.78, 5) is 14.9. The fraction of sp³-hybridized carbons (Fsp3) is 0.400. The van der Waals surface area contributed by atoms with Crippen molar-refractivity contribution < 1.29 is 4.79 Å². The predicted molar refractivity (Wildman–Crippen MR) is 58.9 cm³/mol. The van der Waals surface area contributed by atoms with Gasteiger partial charge in [-0.25, -0.2) is 4.98 Å². The third-order valence-electron chi connectivity index (χ3n) is 1.76. The summed E-state index contributed by atoms with van der Waals surface area (Å²) in [5.74, 6) is 0.0206. The number of halogens is 1. The zero-order chi connectivity index (χ0) is 10.4. The third kappa shape index (κ3) is 4.37. The second kappa shape index (κ2) is 5.75. The van der Waals surface area contributed by atoms with Crippen molar-refractivity contribution in [3.05, 3.63) is 28.5 Å². The number of carbonyl (C=O) groups excluding carboxylic acids is 1. The molecule has 0 spiro atoms. The van der Waals surface area contributed by atoms with E-state index in [2.05, 4.69) is 26.2 Å². The van der Waals surface area contributed by atoms with Gasteiger partial charge in [0.2, 0.25) is 5.91 Å². The Morgan fingerprint density at radius 1 is 1.57 bits per heavy atom. The molecule has 3 nitrogen and oxygen atoms in total. The fourth-order valence-electron chi connectivity index (χ4n) is 1.12. The number of nitrogens with zero attached hydrogens (tertiary/aromatic N) is 1. The van der Waals surface area contributed by atoms with Crippen molar-refractivity contribution in [3.8, 4) is 0 Å². The minimum Gasteiger partial charge on any atom is -0.356 e. The highest BCUT2D eigenvalue weighted by Crippen LogP contribution is 2.07. The van der Waals surface area contributed by atoms with Crippen LogP contribution >= 0.6 is 15.9 Å². The normalized spacial score (nSPS) is 9.86. The van der Waals surface area contributed by atoms with Crippen molar-refractivity contribution in [1.29, 1.82) is 0 Å². The first-order chi connectivity index (χ1) is 6.68. The van der Waals surface area contributed by atoms with Crippen LogP contribution in [-0.4, -0.2) is 17.4 Å². The van der Waals surface area contributed by atoms with Crippen molar-refractivity contribution >= 4 is 21.8 Å². The van der Waals surface area contributed by atoms with Crippen LogP contribution in [0.3, 0.4) is 0 Å². The molecule has 1 aromatic heterocycles. The lowest BCUT2D eigenvalue weighted by molar-refractivity contribution is -0.118. The van der Waals surface area contributed by atoms with E-state index in [-0.39, 0.29) is 5.91 Å². The van der Waals surface area contributed by atoms with Gasteiger partial charge in [-0.05, 0) is 40.9 Å². The summed E-state index contributed by atoms with van der Waals surface area (Å²) in [6.45, 7) is 2.24. The molecular weight excluding hydrogens is 244 g/mol. The minimum absolute atomic E-state index is 0.0206. The van der Waals surface area contributed by atoms with Crippen molar-refractivity contribution in [3.63, 3.8) is 0 Å². The molecule has 0 saturated carbocycles. The highest BCUT2D eigenvalue weighted by atomic mass is 79.9. The van der Waals surface area contributed by atoms with Crippen LogP contribution in [0.5, 0.6) is 0 Å². The molecule has 0 aliphatic heterocycles. The monoisotopic (exact) mass is 256 g/mol. The molecule has 1 rings (SSSR count). The summed E-state index contributed by atoms with van der Waals surface area (Å²) in [5, 5.41) is 2.75. The summed E-state index contributed by atoms with van der Waals surface area (Å²) in [7, 11) is 0. The van der Waals surface area contributed by atoms with E-state index in [4.69, 9.17) is 0 Å². The number of amides is 1. The minimum atomic E-state index is 0.0206. The molecule has 76 valence electrons. The molecule has 1 aromatic rings. The maximum Gasteiger partial charge on any atom is 0.216 e. The quantitative estimate of drug-likeness (QED) is 0.661. The Kier molecular flexibility index (Phi) is 4.59. The summed E-state index contributed by atoms with van der Waals surface area (Å²) in [5.41, 5.74) is 1.05. The van der Waals surface area contributed by atoms with Crippen molar-refractivity contribution in [2.75, 3.05) is 6.54 Å². The first-order valence-corrected chi connectivity index (χ1v) is 5.33. The fourth-order valence-corrected chi connectivity index (χ4v) is 1.50. The van der Waals surface area contributed by atoms with Crippen molar-refractivity contribution in [2.45, 2.75) is 19.8 Å². The molecule has 1 heterocycles. The molecule has 1 N–H and O–H groups in total. The number of aryl methyl sites for hydroxylation is 1. The first kappa shape index (κ1) is 11.2. The molecule has 0 aromatic carbocycles. The molecule has 0 atom stereocenters. The van der Waals surface area contributed by atoms with Gasteiger partial charge in [0, 0.05) is 19.2 Å². The average Bonchev–Trinajstić information content (AvgIpc) is 2.12. The molecule has 0 aliphatic rings. The molecule has 0 aliphatic carbocycles. The molecule has 14 heavy (non-hydrogen) atoms. The SMILES string of the molecule is CC(=O)NCCCc1cccc(Br)n1. The second-order valence-electron chi connectivity index (χ2n) is 3.04. The number of pyridine rings is 1. The van der Waals surface area contributed by atoms with Gasteiger partial charge in [0.1, 0.15) is 4.60 Å². The highest BCUT2D eigenvalue weighted by molar-refractivity contribution is 9.10. The van der Waals surface area contributed by atoms with E-state index in [1.165, 1.54) is 6.92 Å². The molecule has 4 heteroatoms. The topological polar surface area (TPSA) is 42.0 Å². The van der Waals surface area contributed by atoms with Gasteiger partial charge in [0.05, 0.1) is 0 Å². The maximum absolute atomic E-state index is 10.6. The van der Waals surface area contributed by atoms with Crippen LogP contribution in [0.2, 0.25) is 0 Å². The summed E-state index contributed by atoms with van der Waals surface area (Å²) < 4.78 is 0.856. The van der Waals surface area contributed by atoms with Crippen molar-refractivity contribution in [2.24, 2.45) is 0 Å². The van der Waals surface area contributed by atoms with E-state index < -0.39 is 0 Å². The van der Waals surface area contributed by atoms with Gasteiger partial charge in [0.15, 0.2) is 0 Å². The van der Waals surface area contributed by atoms with Crippen molar-refractivity contribution in [1.82, 2.24) is 10.3 Å². The number of hydrogen-bond donors (Lipinski definition) is 1. The molecule has 0 saturated heterocycles. The van der Waals surface area contributed by atoms with Gasteiger partial charge in [-0.1, -0.05) is 6.07 Å². The van der Waals surface area contributed by atoms with E-state index in [0.29, 0.717) is 6.54 Å². The predicted octanol–water partition coefficient (Wildman–Crippen LogP) is 1.91. The Morgan fingerprint density at radius 2 is 2.36 bits per heavy atom. The lowest BCUT2D eigenvalue weighted by Gasteiger charge is -2.02. The molecule has 0 fully saturated rings. The lowest BCUT2D eigenvalue weighted by atomic mass is 10.2. The van der Waals surface area contributed by atoms with Gasteiger partial charge < -0.3 is 5.32 Å². The van der Waals surface area contributed by atoms with Gasteiger partial charge in [-0.2, -0.15) is 0 Å².